The van der Waals surface area contributed by atoms with Crippen molar-refractivity contribution in [2.24, 2.45) is 0 Å². The fourth-order valence-electron chi connectivity index (χ4n) is 3.01. The number of carbonyl (C=O) groups excluding carboxylic acids is 1. The first-order valence-corrected chi connectivity index (χ1v) is 7.26. The molecule has 1 aliphatic rings. The molecule has 0 spiro atoms. The summed E-state index contributed by atoms with van der Waals surface area (Å²) in [7, 11) is 0. The van der Waals surface area contributed by atoms with Crippen molar-refractivity contribution in [2.75, 3.05) is 6.54 Å². The number of hydrogen-bond acceptors (Lipinski definition) is 3. The van der Waals surface area contributed by atoms with Gasteiger partial charge in [-0.3, -0.25) is 4.79 Å². The number of alkyl halides is 3. The molecule has 0 radical (unpaired) electrons. The van der Waals surface area contributed by atoms with Crippen molar-refractivity contribution in [1.82, 2.24) is 4.90 Å². The van der Waals surface area contributed by atoms with Gasteiger partial charge >= 0.3 is 12.1 Å². The predicted octanol–water partition coefficient (Wildman–Crippen LogP) is 3.13. The lowest BCUT2D eigenvalue weighted by molar-refractivity contribution is -0.187. The average molecular weight is 337 g/mol. The van der Waals surface area contributed by atoms with Gasteiger partial charge in [-0.25, -0.2) is 0 Å². The third-order valence-corrected chi connectivity index (χ3v) is 4.07. The highest BCUT2D eigenvalue weighted by Gasteiger charge is 2.46. The van der Waals surface area contributed by atoms with E-state index in [0.717, 1.165) is 4.90 Å². The summed E-state index contributed by atoms with van der Waals surface area (Å²) < 4.78 is 38.9. The van der Waals surface area contributed by atoms with E-state index in [4.69, 9.17) is 0 Å². The molecule has 3 rings (SSSR count). The summed E-state index contributed by atoms with van der Waals surface area (Å²) in [6.07, 6.45) is -4.75. The van der Waals surface area contributed by atoms with Crippen LogP contribution in [0.15, 0.2) is 42.5 Å². The Labute approximate surface area is 135 Å². The summed E-state index contributed by atoms with van der Waals surface area (Å²) in [6, 6.07) is 9.17. The van der Waals surface area contributed by atoms with Crippen LogP contribution in [0.4, 0.5) is 13.2 Å². The van der Waals surface area contributed by atoms with Gasteiger partial charge in [-0.05, 0) is 47.4 Å². The van der Waals surface area contributed by atoms with Crippen molar-refractivity contribution in [3.05, 3.63) is 59.2 Å². The van der Waals surface area contributed by atoms with E-state index in [0.29, 0.717) is 16.7 Å². The second-order valence-electron chi connectivity index (χ2n) is 5.62. The SMILES string of the molecule is O=C(N1CCc2cc(O)ccc2[C@@H]1c1ccc(O)cc1)C(F)(F)F. The van der Waals surface area contributed by atoms with Gasteiger partial charge in [-0.15, -0.1) is 0 Å². The van der Waals surface area contributed by atoms with E-state index < -0.39 is 18.1 Å². The highest BCUT2D eigenvalue weighted by molar-refractivity contribution is 5.83. The number of amides is 1. The quantitative estimate of drug-likeness (QED) is 0.840. The van der Waals surface area contributed by atoms with Crippen molar-refractivity contribution < 1.29 is 28.2 Å². The standard InChI is InChI=1S/C17H14F3NO3/c18-17(19,20)16(24)21-8-7-11-9-13(23)5-6-14(11)15(21)10-1-3-12(22)4-2-10/h1-6,9,15,22-23H,7-8H2/t15-/m0/s1. The minimum Gasteiger partial charge on any atom is -0.508 e. The van der Waals surface area contributed by atoms with Crippen LogP contribution in [-0.4, -0.2) is 33.7 Å². The van der Waals surface area contributed by atoms with Crippen LogP contribution in [0.2, 0.25) is 0 Å². The smallest absolute Gasteiger partial charge is 0.471 e. The number of phenols is 2. The molecule has 7 heteroatoms. The molecule has 0 aliphatic carbocycles. The minimum atomic E-state index is -4.97. The Kier molecular flexibility index (Phi) is 3.87. The third kappa shape index (κ3) is 2.89. The van der Waals surface area contributed by atoms with Crippen molar-refractivity contribution in [1.29, 1.82) is 0 Å². The maximum Gasteiger partial charge on any atom is 0.471 e. The Bertz CT molecular complexity index is 772. The van der Waals surface area contributed by atoms with E-state index in [9.17, 15) is 28.2 Å². The first kappa shape index (κ1) is 16.2. The van der Waals surface area contributed by atoms with Gasteiger partial charge in [0.15, 0.2) is 0 Å². The van der Waals surface area contributed by atoms with E-state index in [1.807, 2.05) is 0 Å². The lowest BCUT2D eigenvalue weighted by Crippen LogP contribution is -2.46. The fraction of sp³-hybridized carbons (Fsp3) is 0.235. The Morgan fingerprint density at radius 2 is 1.67 bits per heavy atom. The first-order chi connectivity index (χ1) is 11.3. The minimum absolute atomic E-state index is 0.0193. The molecule has 2 aromatic carbocycles. The number of phenolic OH excluding ortho intramolecular Hbond substituents is 2. The molecule has 0 aromatic heterocycles. The number of fused-ring (bicyclic) bond motifs is 1. The maximum atomic E-state index is 13.0. The number of nitrogens with zero attached hydrogens (tertiary/aromatic N) is 1. The van der Waals surface area contributed by atoms with Gasteiger partial charge < -0.3 is 15.1 Å². The first-order valence-electron chi connectivity index (χ1n) is 7.26. The molecular weight excluding hydrogens is 323 g/mol. The zero-order valence-corrected chi connectivity index (χ0v) is 12.4. The van der Waals surface area contributed by atoms with E-state index in [2.05, 4.69) is 0 Å². The molecule has 2 aromatic rings. The molecule has 1 amide bonds. The summed E-state index contributed by atoms with van der Waals surface area (Å²) in [5.41, 5.74) is 1.68. The van der Waals surface area contributed by atoms with Gasteiger partial charge in [0.05, 0.1) is 6.04 Å². The predicted molar refractivity (Wildman–Crippen MR) is 79.5 cm³/mol. The van der Waals surface area contributed by atoms with Crippen LogP contribution in [0, 0.1) is 0 Å². The zero-order valence-electron chi connectivity index (χ0n) is 12.4. The molecule has 1 aliphatic heterocycles. The second-order valence-corrected chi connectivity index (χ2v) is 5.62. The average Bonchev–Trinajstić information content (AvgIpc) is 2.53. The largest absolute Gasteiger partial charge is 0.508 e. The Balaban J connectivity index is 2.12. The molecule has 0 saturated heterocycles. The number of aromatic hydroxyl groups is 2. The van der Waals surface area contributed by atoms with Gasteiger partial charge in [-0.2, -0.15) is 13.2 Å². The van der Waals surface area contributed by atoms with Crippen LogP contribution in [0.1, 0.15) is 22.7 Å². The molecule has 0 unspecified atom stereocenters. The Morgan fingerprint density at radius 3 is 2.29 bits per heavy atom. The number of hydrogen-bond donors (Lipinski definition) is 2. The number of rotatable bonds is 1. The lowest BCUT2D eigenvalue weighted by atomic mass is 9.88. The van der Waals surface area contributed by atoms with E-state index >= 15 is 0 Å². The van der Waals surface area contributed by atoms with Crippen molar-refractivity contribution in [3.8, 4) is 11.5 Å². The Morgan fingerprint density at radius 1 is 1.04 bits per heavy atom. The monoisotopic (exact) mass is 337 g/mol. The molecule has 126 valence electrons. The van der Waals surface area contributed by atoms with E-state index in [1.165, 1.54) is 42.5 Å². The van der Waals surface area contributed by atoms with Gasteiger partial charge in [0.2, 0.25) is 0 Å². The van der Waals surface area contributed by atoms with Gasteiger partial charge in [-0.1, -0.05) is 18.2 Å². The molecule has 0 fully saturated rings. The summed E-state index contributed by atoms with van der Waals surface area (Å²) in [6.45, 7) is -0.111. The normalized spacial score (nSPS) is 17.5. The highest BCUT2D eigenvalue weighted by atomic mass is 19.4. The van der Waals surface area contributed by atoms with E-state index in [1.54, 1.807) is 0 Å². The number of carbonyl (C=O) groups is 1. The summed E-state index contributed by atoms with van der Waals surface area (Å²) in [4.78, 5) is 12.6. The van der Waals surface area contributed by atoms with Crippen LogP contribution >= 0.6 is 0 Å². The molecule has 4 nitrogen and oxygen atoms in total. The second kappa shape index (κ2) is 5.74. The molecule has 0 bridgehead atoms. The van der Waals surface area contributed by atoms with Crippen LogP contribution < -0.4 is 0 Å². The van der Waals surface area contributed by atoms with Gasteiger partial charge in [0.1, 0.15) is 11.5 Å². The number of benzene rings is 2. The van der Waals surface area contributed by atoms with Crippen LogP contribution in [-0.2, 0) is 11.2 Å². The molecule has 2 N–H and O–H groups in total. The summed E-state index contributed by atoms with van der Waals surface area (Å²) in [5, 5.41) is 19.0. The molecule has 0 saturated carbocycles. The summed E-state index contributed by atoms with van der Waals surface area (Å²) in [5.74, 6) is -1.90. The van der Waals surface area contributed by atoms with Crippen molar-refractivity contribution in [3.63, 3.8) is 0 Å². The zero-order chi connectivity index (χ0) is 17.5. The molecular formula is C17H14F3NO3. The van der Waals surface area contributed by atoms with Gasteiger partial charge in [0, 0.05) is 6.54 Å². The maximum absolute atomic E-state index is 13.0. The lowest BCUT2D eigenvalue weighted by Gasteiger charge is -2.38. The molecule has 24 heavy (non-hydrogen) atoms. The van der Waals surface area contributed by atoms with Crippen molar-refractivity contribution in [2.45, 2.75) is 18.6 Å². The van der Waals surface area contributed by atoms with Gasteiger partial charge in [0.25, 0.3) is 0 Å². The van der Waals surface area contributed by atoms with Crippen LogP contribution in [0.3, 0.4) is 0 Å². The number of halogens is 3. The molecule has 1 heterocycles. The topological polar surface area (TPSA) is 60.8 Å². The fourth-order valence-corrected chi connectivity index (χ4v) is 3.01. The van der Waals surface area contributed by atoms with Crippen LogP contribution in [0.25, 0.3) is 0 Å². The summed E-state index contributed by atoms with van der Waals surface area (Å²) >= 11 is 0. The van der Waals surface area contributed by atoms with Crippen LogP contribution in [0.5, 0.6) is 11.5 Å². The third-order valence-electron chi connectivity index (χ3n) is 4.07. The highest BCUT2D eigenvalue weighted by Crippen LogP contribution is 2.39. The van der Waals surface area contributed by atoms with Crippen molar-refractivity contribution >= 4 is 5.91 Å². The molecule has 1 atom stereocenters. The Hall–Kier alpha value is -2.70. The van der Waals surface area contributed by atoms with E-state index in [-0.39, 0.29) is 24.5 Å².